The summed E-state index contributed by atoms with van der Waals surface area (Å²) in [5, 5.41) is 8.33. The Morgan fingerprint density at radius 3 is 2.90 bits per heavy atom. The van der Waals surface area contributed by atoms with E-state index < -0.39 is 0 Å². The second-order valence-corrected chi connectivity index (χ2v) is 5.41. The fourth-order valence-corrected chi connectivity index (χ4v) is 2.50. The van der Waals surface area contributed by atoms with Crippen LogP contribution in [0.4, 0.5) is 5.82 Å². The average molecular weight is 293 g/mol. The summed E-state index contributed by atoms with van der Waals surface area (Å²) in [7, 11) is 3.54. The van der Waals surface area contributed by atoms with Gasteiger partial charge in [-0.1, -0.05) is 18.7 Å². The van der Waals surface area contributed by atoms with Gasteiger partial charge in [-0.25, -0.2) is 9.97 Å². The molecule has 0 atom stereocenters. The summed E-state index contributed by atoms with van der Waals surface area (Å²) in [6.07, 6.45) is 4.83. The molecule has 0 spiro atoms. The van der Waals surface area contributed by atoms with Crippen LogP contribution in [0.1, 0.15) is 19.2 Å². The number of aryl methyl sites for hydroxylation is 1. The van der Waals surface area contributed by atoms with Crippen molar-refractivity contribution in [3.63, 3.8) is 0 Å². The molecule has 0 unspecified atom stereocenters. The van der Waals surface area contributed by atoms with E-state index in [4.69, 9.17) is 4.74 Å². The van der Waals surface area contributed by atoms with Gasteiger partial charge in [0.15, 0.2) is 5.82 Å². The quantitative estimate of drug-likeness (QED) is 0.790. The van der Waals surface area contributed by atoms with Gasteiger partial charge in [-0.2, -0.15) is 5.10 Å². The van der Waals surface area contributed by atoms with Gasteiger partial charge >= 0.3 is 0 Å². The van der Waals surface area contributed by atoms with Gasteiger partial charge in [0.05, 0.1) is 11.1 Å². The van der Waals surface area contributed by atoms with Crippen LogP contribution in [0.2, 0.25) is 0 Å². The third kappa shape index (κ3) is 4.21. The van der Waals surface area contributed by atoms with Gasteiger partial charge in [0.25, 0.3) is 0 Å². The third-order valence-corrected chi connectivity index (χ3v) is 3.35. The lowest BCUT2D eigenvalue weighted by Crippen LogP contribution is -2.06. The Balaban J connectivity index is 2.18. The predicted molar refractivity (Wildman–Crippen MR) is 78.9 cm³/mol. The first kappa shape index (κ1) is 14.8. The fraction of sp³-hybridized carbons (Fsp3) is 0.462. The van der Waals surface area contributed by atoms with E-state index in [1.165, 1.54) is 0 Å². The van der Waals surface area contributed by atoms with Crippen molar-refractivity contribution in [3.8, 4) is 0 Å². The molecule has 2 heterocycles. The first-order chi connectivity index (χ1) is 9.71. The molecule has 0 saturated heterocycles. The average Bonchev–Trinajstić information content (AvgIpc) is 2.82. The van der Waals surface area contributed by atoms with E-state index >= 15 is 0 Å². The number of nitrogens with one attached hydrogen (secondary N) is 1. The lowest BCUT2D eigenvalue weighted by atomic mass is 10.4. The highest BCUT2D eigenvalue weighted by Crippen LogP contribution is 2.27. The van der Waals surface area contributed by atoms with E-state index in [9.17, 15) is 0 Å². The Bertz CT molecular complexity index is 557. The Kier molecular flexibility index (Phi) is 5.37. The molecule has 0 aliphatic carbocycles. The largest absolute Gasteiger partial charge is 0.377 e. The second-order valence-electron chi connectivity index (χ2n) is 4.32. The normalized spacial score (nSPS) is 10.8. The molecule has 2 rings (SSSR count). The molecule has 0 saturated carbocycles. The zero-order chi connectivity index (χ0) is 14.4. The van der Waals surface area contributed by atoms with Gasteiger partial charge in [0, 0.05) is 33.0 Å². The van der Waals surface area contributed by atoms with Gasteiger partial charge in [-0.05, 0) is 6.42 Å². The summed E-state index contributed by atoms with van der Waals surface area (Å²) in [5.41, 5.74) is 0. The highest BCUT2D eigenvalue weighted by Gasteiger charge is 2.07. The molecule has 0 aliphatic heterocycles. The molecule has 0 fully saturated rings. The molecule has 0 aliphatic rings. The van der Waals surface area contributed by atoms with Gasteiger partial charge in [0.2, 0.25) is 0 Å². The summed E-state index contributed by atoms with van der Waals surface area (Å²) >= 11 is 1.57. The second kappa shape index (κ2) is 7.25. The number of anilines is 1. The van der Waals surface area contributed by atoms with E-state index in [2.05, 4.69) is 27.3 Å². The molecule has 108 valence electrons. The number of hydrogen-bond acceptors (Lipinski definition) is 6. The van der Waals surface area contributed by atoms with Crippen LogP contribution in [0, 0.1) is 0 Å². The van der Waals surface area contributed by atoms with E-state index in [1.807, 2.05) is 25.5 Å². The predicted octanol–water partition coefficient (Wildman–Crippen LogP) is 2.33. The topological polar surface area (TPSA) is 64.9 Å². The monoisotopic (exact) mass is 293 g/mol. The van der Waals surface area contributed by atoms with Crippen molar-refractivity contribution in [1.29, 1.82) is 0 Å². The van der Waals surface area contributed by atoms with Crippen molar-refractivity contribution < 1.29 is 4.74 Å². The van der Waals surface area contributed by atoms with Crippen LogP contribution < -0.4 is 5.32 Å². The highest BCUT2D eigenvalue weighted by molar-refractivity contribution is 7.99. The number of methoxy groups -OCH3 is 1. The molecule has 1 N–H and O–H groups in total. The van der Waals surface area contributed by atoms with Crippen LogP contribution >= 0.6 is 11.8 Å². The minimum atomic E-state index is 0.405. The fourth-order valence-electron chi connectivity index (χ4n) is 1.63. The molecule has 0 bridgehead atoms. The summed E-state index contributed by atoms with van der Waals surface area (Å²) in [4.78, 5) is 9.96. The number of nitrogens with zero attached hydrogens (tertiary/aromatic N) is 4. The molecule has 6 nitrogen and oxygen atoms in total. The Morgan fingerprint density at radius 1 is 1.40 bits per heavy atom. The van der Waals surface area contributed by atoms with E-state index in [0.29, 0.717) is 12.4 Å². The number of aromatic nitrogens is 4. The summed E-state index contributed by atoms with van der Waals surface area (Å²) in [6, 6.07) is 1.95. The zero-order valence-corrected chi connectivity index (χ0v) is 12.8. The van der Waals surface area contributed by atoms with Gasteiger partial charge in [-0.3, -0.25) is 4.68 Å². The molecule has 7 heteroatoms. The number of hydrogen-bond donors (Lipinski definition) is 1. The maximum Gasteiger partial charge on any atom is 0.157 e. The first-order valence-corrected chi connectivity index (χ1v) is 7.30. The molecule has 2 aromatic rings. The minimum Gasteiger partial charge on any atom is -0.377 e. The molecule has 0 radical (unpaired) electrons. The molecule has 2 aromatic heterocycles. The smallest absolute Gasteiger partial charge is 0.157 e. The lowest BCUT2D eigenvalue weighted by molar-refractivity contribution is 0.177. The molecule has 20 heavy (non-hydrogen) atoms. The number of ether oxygens (including phenoxy) is 1. The SMILES string of the molecule is CCCNc1cc(Sc2cnn(C)c2)nc(COC)n1. The van der Waals surface area contributed by atoms with Crippen molar-refractivity contribution >= 4 is 17.6 Å². The molecular formula is C13H19N5OS. The van der Waals surface area contributed by atoms with E-state index in [1.54, 1.807) is 23.6 Å². The molecule has 0 aromatic carbocycles. The van der Waals surface area contributed by atoms with Gasteiger partial charge in [0.1, 0.15) is 17.5 Å². The van der Waals surface area contributed by atoms with Crippen LogP contribution in [0.15, 0.2) is 28.4 Å². The summed E-state index contributed by atoms with van der Waals surface area (Å²) < 4.78 is 6.89. The first-order valence-electron chi connectivity index (χ1n) is 6.48. The van der Waals surface area contributed by atoms with Crippen LogP contribution in [0.25, 0.3) is 0 Å². The molecular weight excluding hydrogens is 274 g/mol. The summed E-state index contributed by atoms with van der Waals surface area (Å²) in [5.74, 6) is 1.51. The van der Waals surface area contributed by atoms with Crippen molar-refractivity contribution in [3.05, 3.63) is 24.3 Å². The standard InChI is InChI=1S/C13H19N5OS/c1-4-5-14-11-6-13(17-12(16-11)9-19-3)20-10-7-15-18(2)8-10/h6-8H,4-5,9H2,1-3H3,(H,14,16,17). The Morgan fingerprint density at radius 2 is 2.25 bits per heavy atom. The van der Waals surface area contributed by atoms with Crippen molar-refractivity contribution in [2.75, 3.05) is 19.0 Å². The maximum atomic E-state index is 5.12. The van der Waals surface area contributed by atoms with Crippen LogP contribution in [-0.2, 0) is 18.4 Å². The van der Waals surface area contributed by atoms with Crippen molar-refractivity contribution in [2.24, 2.45) is 7.05 Å². The Labute approximate surface area is 123 Å². The number of rotatable bonds is 7. The lowest BCUT2D eigenvalue weighted by Gasteiger charge is -2.08. The van der Waals surface area contributed by atoms with Crippen molar-refractivity contribution in [1.82, 2.24) is 19.7 Å². The van der Waals surface area contributed by atoms with Crippen molar-refractivity contribution in [2.45, 2.75) is 29.9 Å². The molecule has 0 amide bonds. The Hall–Kier alpha value is -1.60. The van der Waals surface area contributed by atoms with E-state index in [0.717, 1.165) is 28.7 Å². The van der Waals surface area contributed by atoms with Crippen LogP contribution in [0.5, 0.6) is 0 Å². The third-order valence-electron chi connectivity index (χ3n) is 2.48. The maximum absolute atomic E-state index is 5.12. The highest BCUT2D eigenvalue weighted by atomic mass is 32.2. The van der Waals surface area contributed by atoms with Crippen LogP contribution in [-0.4, -0.2) is 33.4 Å². The summed E-state index contributed by atoms with van der Waals surface area (Å²) in [6.45, 7) is 3.41. The van der Waals surface area contributed by atoms with E-state index in [-0.39, 0.29) is 0 Å². The zero-order valence-electron chi connectivity index (χ0n) is 12.0. The minimum absolute atomic E-state index is 0.405. The van der Waals surface area contributed by atoms with Gasteiger partial charge < -0.3 is 10.1 Å². The van der Waals surface area contributed by atoms with Crippen LogP contribution in [0.3, 0.4) is 0 Å². The van der Waals surface area contributed by atoms with Gasteiger partial charge in [-0.15, -0.1) is 0 Å².